The second kappa shape index (κ2) is 7.10. The largest absolute Gasteiger partial charge is 0.300 e. The summed E-state index contributed by atoms with van der Waals surface area (Å²) in [4.78, 5) is 22.5. The van der Waals surface area contributed by atoms with Crippen molar-refractivity contribution in [3.63, 3.8) is 0 Å². The van der Waals surface area contributed by atoms with Crippen molar-refractivity contribution >= 4 is 44.6 Å². The van der Waals surface area contributed by atoms with Gasteiger partial charge in [-0.3, -0.25) is 20.2 Å². The number of carbonyl (C=O) groups is 1. The molecule has 8 nitrogen and oxygen atoms in total. The van der Waals surface area contributed by atoms with Crippen LogP contribution in [0.4, 0.5) is 5.69 Å². The molecule has 0 aromatic heterocycles. The van der Waals surface area contributed by atoms with Gasteiger partial charge >= 0.3 is 0 Å². The van der Waals surface area contributed by atoms with E-state index in [2.05, 4.69) is 9.71 Å². The maximum atomic E-state index is 12.2. The maximum Gasteiger partial charge on any atom is 0.284 e. The molecule has 1 heterocycles. The van der Waals surface area contributed by atoms with E-state index >= 15 is 0 Å². The molecular weight excluding hydrogens is 378 g/mol. The summed E-state index contributed by atoms with van der Waals surface area (Å²) in [6.07, 6.45) is 1.44. The minimum absolute atomic E-state index is 0.0125. The fraction of sp³-hybridized carbons (Fsp3) is 0. The molecule has 1 aliphatic rings. The molecule has 0 bridgehead atoms. The predicted molar refractivity (Wildman–Crippen MR) is 97.9 cm³/mol. The standard InChI is InChI=1S/C16H11N3O5S2/c20-15-14(10-11-5-4-6-12(9-11)19(21)22)25-16(17-15)18-26(23,24)13-7-2-1-3-8-13/h1-10H,(H,17,18,20). The van der Waals surface area contributed by atoms with Gasteiger partial charge in [-0.2, -0.15) is 8.42 Å². The molecule has 0 atom stereocenters. The number of benzene rings is 2. The van der Waals surface area contributed by atoms with E-state index in [1.54, 1.807) is 24.3 Å². The van der Waals surface area contributed by atoms with Gasteiger partial charge in [-0.05, 0) is 35.5 Å². The van der Waals surface area contributed by atoms with Gasteiger partial charge in [0.25, 0.3) is 21.6 Å². The summed E-state index contributed by atoms with van der Waals surface area (Å²) in [5.74, 6) is -0.525. The van der Waals surface area contributed by atoms with Crippen molar-refractivity contribution in [2.45, 2.75) is 4.90 Å². The molecule has 10 heteroatoms. The van der Waals surface area contributed by atoms with Gasteiger partial charge in [-0.15, -0.1) is 4.40 Å². The van der Waals surface area contributed by atoms with Gasteiger partial charge in [0.05, 0.1) is 14.7 Å². The quantitative estimate of drug-likeness (QED) is 0.488. The summed E-state index contributed by atoms with van der Waals surface area (Å²) < 4.78 is 28.1. The lowest BCUT2D eigenvalue weighted by Gasteiger charge is -1.99. The number of amides is 1. The van der Waals surface area contributed by atoms with Gasteiger partial charge in [-0.25, -0.2) is 0 Å². The highest BCUT2D eigenvalue weighted by atomic mass is 32.2. The van der Waals surface area contributed by atoms with Crippen LogP contribution < -0.4 is 5.32 Å². The highest BCUT2D eigenvalue weighted by Gasteiger charge is 2.26. The zero-order chi connectivity index (χ0) is 18.7. The molecule has 0 unspecified atom stereocenters. The third-order valence-electron chi connectivity index (χ3n) is 3.27. The Labute approximate surface area is 152 Å². The van der Waals surface area contributed by atoms with Crippen molar-refractivity contribution in [2.75, 3.05) is 0 Å². The first kappa shape index (κ1) is 17.8. The summed E-state index contributed by atoms with van der Waals surface area (Å²) in [5, 5.41) is 13.1. The molecule has 1 aliphatic heterocycles. The number of non-ortho nitro benzene ring substituents is 1. The smallest absolute Gasteiger partial charge is 0.284 e. The molecule has 132 valence electrons. The van der Waals surface area contributed by atoms with Crippen molar-refractivity contribution in [3.05, 3.63) is 75.2 Å². The van der Waals surface area contributed by atoms with Crippen molar-refractivity contribution < 1.29 is 18.1 Å². The number of hydrogen-bond donors (Lipinski definition) is 1. The average molecular weight is 389 g/mol. The molecule has 1 fully saturated rings. The lowest BCUT2D eigenvalue weighted by Crippen LogP contribution is -2.20. The molecule has 1 saturated heterocycles. The van der Waals surface area contributed by atoms with Gasteiger partial charge in [0, 0.05) is 12.1 Å². The number of nitro groups is 1. The Morgan fingerprint density at radius 2 is 1.85 bits per heavy atom. The molecule has 3 rings (SSSR count). The molecule has 0 spiro atoms. The van der Waals surface area contributed by atoms with Crippen LogP contribution in [-0.2, 0) is 14.8 Å². The monoisotopic (exact) mass is 389 g/mol. The Morgan fingerprint density at radius 3 is 2.54 bits per heavy atom. The number of nitrogens with zero attached hydrogens (tertiary/aromatic N) is 2. The van der Waals surface area contributed by atoms with E-state index in [1.807, 2.05) is 0 Å². The predicted octanol–water partition coefficient (Wildman–Crippen LogP) is 2.54. The van der Waals surface area contributed by atoms with Crippen LogP contribution in [0, 0.1) is 10.1 Å². The Morgan fingerprint density at radius 1 is 1.12 bits per heavy atom. The van der Waals surface area contributed by atoms with Crippen LogP contribution in [0.5, 0.6) is 0 Å². The highest BCUT2D eigenvalue weighted by molar-refractivity contribution is 8.19. The lowest BCUT2D eigenvalue weighted by molar-refractivity contribution is -0.384. The summed E-state index contributed by atoms with van der Waals surface area (Å²) >= 11 is 0.851. The number of hydrogen-bond acceptors (Lipinski definition) is 6. The topological polar surface area (TPSA) is 119 Å². The molecule has 0 saturated carbocycles. The van der Waals surface area contributed by atoms with Crippen LogP contribution in [0.3, 0.4) is 0 Å². The van der Waals surface area contributed by atoms with E-state index < -0.39 is 20.9 Å². The second-order valence-electron chi connectivity index (χ2n) is 5.10. The van der Waals surface area contributed by atoms with Gasteiger partial charge < -0.3 is 0 Å². The first-order valence-electron chi connectivity index (χ1n) is 7.20. The molecule has 2 aromatic carbocycles. The number of sulfonamides is 1. The fourth-order valence-corrected chi connectivity index (χ4v) is 4.11. The molecule has 0 radical (unpaired) electrons. The zero-order valence-electron chi connectivity index (χ0n) is 13.0. The van der Waals surface area contributed by atoms with Crippen LogP contribution in [0.15, 0.2) is 68.8 Å². The molecule has 0 aliphatic carbocycles. The molecule has 2 aromatic rings. The summed E-state index contributed by atoms with van der Waals surface area (Å²) in [7, 11) is -3.95. The molecular formula is C16H11N3O5S2. The molecule has 1 amide bonds. The van der Waals surface area contributed by atoms with Crippen LogP contribution in [0.1, 0.15) is 5.56 Å². The minimum atomic E-state index is -3.95. The normalized spacial score (nSPS) is 17.5. The summed E-state index contributed by atoms with van der Waals surface area (Å²) in [6, 6.07) is 13.4. The average Bonchev–Trinajstić information content (AvgIpc) is 2.94. The van der Waals surface area contributed by atoms with Gasteiger partial charge in [-0.1, -0.05) is 30.3 Å². The number of amidine groups is 1. The summed E-state index contributed by atoms with van der Waals surface area (Å²) in [5.41, 5.74) is 0.340. The van der Waals surface area contributed by atoms with Crippen LogP contribution in [0.25, 0.3) is 6.08 Å². The molecule has 1 N–H and O–H groups in total. The molecule has 26 heavy (non-hydrogen) atoms. The van der Waals surface area contributed by atoms with Crippen molar-refractivity contribution in [2.24, 2.45) is 4.40 Å². The Hall–Kier alpha value is -2.98. The zero-order valence-corrected chi connectivity index (χ0v) is 14.7. The van der Waals surface area contributed by atoms with Crippen LogP contribution in [0.2, 0.25) is 0 Å². The van der Waals surface area contributed by atoms with Gasteiger partial charge in [0.15, 0.2) is 5.17 Å². The van der Waals surface area contributed by atoms with E-state index in [9.17, 15) is 23.3 Å². The first-order chi connectivity index (χ1) is 12.3. The number of carbonyl (C=O) groups excluding carboxylic acids is 1. The minimum Gasteiger partial charge on any atom is -0.300 e. The number of nitro benzene ring substituents is 1. The Kier molecular flexibility index (Phi) is 4.87. The number of rotatable bonds is 4. The van der Waals surface area contributed by atoms with Crippen LogP contribution in [-0.4, -0.2) is 24.4 Å². The van der Waals surface area contributed by atoms with E-state index in [-0.39, 0.29) is 20.7 Å². The second-order valence-corrected chi connectivity index (χ2v) is 7.74. The van der Waals surface area contributed by atoms with Gasteiger partial charge in [0.2, 0.25) is 0 Å². The van der Waals surface area contributed by atoms with Gasteiger partial charge in [0.1, 0.15) is 0 Å². The Bertz CT molecular complexity index is 1050. The van der Waals surface area contributed by atoms with E-state index in [0.29, 0.717) is 5.56 Å². The van der Waals surface area contributed by atoms with E-state index in [4.69, 9.17) is 0 Å². The SMILES string of the molecule is O=C1NC(=NS(=O)(=O)c2ccccc2)SC1=Cc1cccc([N+](=O)[O-])c1. The Balaban J connectivity index is 1.87. The highest BCUT2D eigenvalue weighted by Crippen LogP contribution is 2.28. The van der Waals surface area contributed by atoms with Crippen molar-refractivity contribution in [3.8, 4) is 0 Å². The van der Waals surface area contributed by atoms with E-state index in [1.165, 1.54) is 36.4 Å². The third-order valence-corrected chi connectivity index (χ3v) is 5.59. The fourth-order valence-electron chi connectivity index (χ4n) is 2.11. The number of nitrogens with one attached hydrogen (secondary N) is 1. The first-order valence-corrected chi connectivity index (χ1v) is 9.46. The lowest BCUT2D eigenvalue weighted by atomic mass is 10.2. The van der Waals surface area contributed by atoms with E-state index in [0.717, 1.165) is 11.8 Å². The van der Waals surface area contributed by atoms with Crippen molar-refractivity contribution in [1.29, 1.82) is 0 Å². The third kappa shape index (κ3) is 3.98. The van der Waals surface area contributed by atoms with Crippen molar-refractivity contribution in [1.82, 2.24) is 5.32 Å². The number of thioether (sulfide) groups is 1. The maximum absolute atomic E-state index is 12.2. The van der Waals surface area contributed by atoms with Crippen LogP contribution >= 0.6 is 11.8 Å². The summed E-state index contributed by atoms with van der Waals surface area (Å²) in [6.45, 7) is 0.